The van der Waals surface area contributed by atoms with Crippen molar-refractivity contribution in [2.24, 2.45) is 0 Å². The molecule has 2 amide bonds. The largest absolute Gasteiger partial charge is 0.290 e. The average Bonchev–Trinajstić information content (AvgIpc) is 2.79. The second-order valence-corrected chi connectivity index (χ2v) is 6.86. The molecule has 0 fully saturated rings. The molecule has 0 saturated carbocycles. The third-order valence-corrected chi connectivity index (χ3v) is 4.84. The summed E-state index contributed by atoms with van der Waals surface area (Å²) in [6.07, 6.45) is 0.699. The lowest BCUT2D eigenvalue weighted by molar-refractivity contribution is 0.0844. The normalized spacial score (nSPS) is 10.8. The molecule has 0 aliphatic carbocycles. The van der Waals surface area contributed by atoms with Crippen LogP contribution in [0.2, 0.25) is 0 Å². The second-order valence-electron chi connectivity index (χ2n) is 6.86. The van der Waals surface area contributed by atoms with Gasteiger partial charge in [0.05, 0.1) is 5.39 Å². The molecule has 1 aromatic heterocycles. The summed E-state index contributed by atoms with van der Waals surface area (Å²) in [6, 6.07) is 19.7. The maximum Gasteiger partial charge on any atom is 0.290 e. The van der Waals surface area contributed by atoms with E-state index >= 15 is 0 Å². The van der Waals surface area contributed by atoms with Crippen molar-refractivity contribution < 1.29 is 9.59 Å². The lowest BCUT2D eigenvalue weighted by Crippen LogP contribution is -2.42. The fourth-order valence-electron chi connectivity index (χ4n) is 3.43. The number of aromatic nitrogens is 2. The van der Waals surface area contributed by atoms with Gasteiger partial charge in [-0.1, -0.05) is 61.5 Å². The molecule has 0 atom stereocenters. The minimum atomic E-state index is -0.593. The first-order chi connectivity index (χ1) is 14.6. The van der Waals surface area contributed by atoms with Gasteiger partial charge in [-0.2, -0.15) is 5.10 Å². The summed E-state index contributed by atoms with van der Waals surface area (Å²) >= 11 is 0. The molecule has 2 N–H and O–H groups in total. The van der Waals surface area contributed by atoms with Crippen LogP contribution in [0.4, 0.5) is 0 Å². The van der Waals surface area contributed by atoms with Crippen molar-refractivity contribution in [1.82, 2.24) is 20.6 Å². The number of nitrogens with zero attached hydrogens (tertiary/aromatic N) is 2. The molecule has 4 aromatic rings. The number of carbonyl (C=O) groups is 2. The molecule has 3 aromatic carbocycles. The van der Waals surface area contributed by atoms with Crippen LogP contribution in [0.25, 0.3) is 21.5 Å². The molecule has 0 aliphatic rings. The molecule has 0 unspecified atom stereocenters. The molecule has 1 heterocycles. The Morgan fingerprint density at radius 1 is 0.833 bits per heavy atom. The van der Waals surface area contributed by atoms with Crippen molar-refractivity contribution in [3.05, 3.63) is 88.3 Å². The van der Waals surface area contributed by atoms with E-state index < -0.39 is 11.8 Å². The van der Waals surface area contributed by atoms with Gasteiger partial charge in [0, 0.05) is 17.5 Å². The van der Waals surface area contributed by atoms with Gasteiger partial charge in [-0.3, -0.25) is 25.2 Å². The Labute approximate surface area is 172 Å². The number of hydrazine groups is 1. The van der Waals surface area contributed by atoms with Crippen LogP contribution in [0, 0.1) is 0 Å². The quantitative estimate of drug-likeness (QED) is 0.515. The third kappa shape index (κ3) is 3.53. The summed E-state index contributed by atoms with van der Waals surface area (Å²) in [5.74, 6) is -1.03. The number of hydrogen-bond acceptors (Lipinski definition) is 4. The predicted molar refractivity (Wildman–Crippen MR) is 115 cm³/mol. The van der Waals surface area contributed by atoms with Crippen molar-refractivity contribution in [2.75, 3.05) is 0 Å². The maximum absolute atomic E-state index is 12.8. The molecule has 7 nitrogen and oxygen atoms in total. The van der Waals surface area contributed by atoms with Crippen molar-refractivity contribution in [3.8, 4) is 0 Å². The smallest absolute Gasteiger partial charge is 0.267 e. The fraction of sp³-hybridized carbons (Fsp3) is 0.130. The summed E-state index contributed by atoms with van der Waals surface area (Å²) in [5, 5.41) is 6.79. The summed E-state index contributed by atoms with van der Waals surface area (Å²) in [7, 11) is 0. The number of aryl methyl sites for hydroxylation is 1. The number of amides is 2. The highest BCUT2D eigenvalue weighted by molar-refractivity contribution is 6.09. The molecule has 0 saturated heterocycles. The zero-order valence-corrected chi connectivity index (χ0v) is 16.4. The highest BCUT2D eigenvalue weighted by atomic mass is 16.2. The van der Waals surface area contributed by atoms with E-state index in [1.807, 2.05) is 37.3 Å². The Balaban J connectivity index is 1.63. The van der Waals surface area contributed by atoms with E-state index in [0.717, 1.165) is 10.8 Å². The number of fused-ring (bicyclic) bond motifs is 2. The molecule has 0 aliphatic heterocycles. The number of hydrogen-bond donors (Lipinski definition) is 2. The van der Waals surface area contributed by atoms with Crippen LogP contribution in [-0.4, -0.2) is 21.6 Å². The van der Waals surface area contributed by atoms with E-state index in [-0.39, 0.29) is 11.3 Å². The number of nitrogens with one attached hydrogen (secondary N) is 2. The molecule has 0 radical (unpaired) electrons. The van der Waals surface area contributed by atoms with E-state index in [2.05, 4.69) is 16.0 Å². The van der Waals surface area contributed by atoms with E-state index in [1.165, 1.54) is 4.68 Å². The van der Waals surface area contributed by atoms with Gasteiger partial charge >= 0.3 is 0 Å². The van der Waals surface area contributed by atoms with E-state index in [1.54, 1.807) is 36.4 Å². The molecule has 0 bridgehead atoms. The number of rotatable bonds is 4. The Morgan fingerprint density at radius 3 is 2.23 bits per heavy atom. The van der Waals surface area contributed by atoms with Gasteiger partial charge in [-0.25, -0.2) is 4.68 Å². The van der Waals surface area contributed by atoms with Gasteiger partial charge in [0.2, 0.25) is 0 Å². The van der Waals surface area contributed by atoms with E-state index in [9.17, 15) is 14.4 Å². The monoisotopic (exact) mass is 400 g/mol. The molecule has 30 heavy (non-hydrogen) atoms. The predicted octanol–water partition coefficient (Wildman–Crippen LogP) is 3.03. The summed E-state index contributed by atoms with van der Waals surface area (Å²) in [6.45, 7) is 2.32. The minimum Gasteiger partial charge on any atom is -0.267 e. The second kappa shape index (κ2) is 8.16. The molecule has 4 rings (SSSR count). The van der Waals surface area contributed by atoms with Crippen LogP contribution in [0.5, 0.6) is 0 Å². The SMILES string of the molecule is CCCn1nc(C(=O)NNC(=O)c2cccc3ccccc23)c2ccccc2c1=O. The lowest BCUT2D eigenvalue weighted by atomic mass is 10.0. The topological polar surface area (TPSA) is 93.1 Å². The summed E-state index contributed by atoms with van der Waals surface area (Å²) in [4.78, 5) is 38.1. The van der Waals surface area contributed by atoms with Crippen LogP contribution < -0.4 is 16.4 Å². The zero-order chi connectivity index (χ0) is 21.1. The first-order valence-electron chi connectivity index (χ1n) is 9.68. The third-order valence-electron chi connectivity index (χ3n) is 4.84. The maximum atomic E-state index is 12.8. The summed E-state index contributed by atoms with van der Waals surface area (Å²) in [5.41, 5.74) is 5.16. The van der Waals surface area contributed by atoms with Crippen molar-refractivity contribution in [1.29, 1.82) is 0 Å². The Kier molecular flexibility index (Phi) is 5.26. The lowest BCUT2D eigenvalue weighted by Gasteiger charge is -2.12. The number of benzene rings is 3. The number of carbonyl (C=O) groups excluding carboxylic acids is 2. The van der Waals surface area contributed by atoms with E-state index in [4.69, 9.17) is 0 Å². The van der Waals surface area contributed by atoms with Gasteiger partial charge in [0.1, 0.15) is 0 Å². The van der Waals surface area contributed by atoms with Gasteiger partial charge in [0.25, 0.3) is 17.4 Å². The van der Waals surface area contributed by atoms with Gasteiger partial charge in [-0.05, 0) is 29.3 Å². The van der Waals surface area contributed by atoms with Gasteiger partial charge < -0.3 is 0 Å². The molecule has 7 heteroatoms. The van der Waals surface area contributed by atoms with Crippen molar-refractivity contribution in [2.45, 2.75) is 19.9 Å². The molecular weight excluding hydrogens is 380 g/mol. The highest BCUT2D eigenvalue weighted by Gasteiger charge is 2.18. The highest BCUT2D eigenvalue weighted by Crippen LogP contribution is 2.18. The molecule has 150 valence electrons. The van der Waals surface area contributed by atoms with Crippen molar-refractivity contribution >= 4 is 33.4 Å². The minimum absolute atomic E-state index is 0.0804. The fourth-order valence-corrected chi connectivity index (χ4v) is 3.43. The van der Waals surface area contributed by atoms with Crippen LogP contribution in [0.3, 0.4) is 0 Å². The van der Waals surface area contributed by atoms with Crippen LogP contribution in [-0.2, 0) is 6.54 Å². The zero-order valence-electron chi connectivity index (χ0n) is 16.4. The van der Waals surface area contributed by atoms with Crippen LogP contribution in [0.15, 0.2) is 71.5 Å². The first kappa shape index (κ1) is 19.3. The Bertz CT molecular complexity index is 1320. The van der Waals surface area contributed by atoms with Crippen LogP contribution in [0.1, 0.15) is 34.2 Å². The summed E-state index contributed by atoms with van der Waals surface area (Å²) < 4.78 is 1.28. The van der Waals surface area contributed by atoms with Gasteiger partial charge in [-0.15, -0.1) is 0 Å². The van der Waals surface area contributed by atoms with Crippen LogP contribution >= 0.6 is 0 Å². The van der Waals surface area contributed by atoms with Gasteiger partial charge in [0.15, 0.2) is 5.69 Å². The Morgan fingerprint density at radius 2 is 1.47 bits per heavy atom. The average molecular weight is 400 g/mol. The Hall–Kier alpha value is -4.00. The first-order valence-corrected chi connectivity index (χ1v) is 9.68. The van der Waals surface area contributed by atoms with Crippen molar-refractivity contribution in [3.63, 3.8) is 0 Å². The standard InChI is InChI=1S/C23H20N4O3/c1-2-14-27-23(30)19-12-6-5-11-17(19)20(26-27)22(29)25-24-21(28)18-13-7-9-15-8-3-4-10-16(15)18/h3-13H,2,14H2,1H3,(H,24,28)(H,25,29). The molecular formula is C23H20N4O3. The van der Waals surface area contributed by atoms with E-state index in [0.29, 0.717) is 29.3 Å². The molecule has 0 spiro atoms.